The van der Waals surface area contributed by atoms with Gasteiger partial charge in [0, 0.05) is 12.6 Å². The second-order valence-electron chi connectivity index (χ2n) is 4.43. The predicted molar refractivity (Wildman–Crippen MR) is 67.5 cm³/mol. The van der Waals surface area contributed by atoms with E-state index < -0.39 is 5.97 Å². The Bertz CT molecular complexity index is 430. The maximum Gasteiger partial charge on any atom is 0.315 e. The van der Waals surface area contributed by atoms with E-state index in [1.165, 1.54) is 0 Å². The molecule has 0 saturated carbocycles. The van der Waals surface area contributed by atoms with Crippen LogP contribution in [0.4, 0.5) is 4.79 Å². The Balaban J connectivity index is 2.10. The molecule has 0 bridgehead atoms. The first-order valence-electron chi connectivity index (χ1n) is 6.15. The molecule has 0 aliphatic heterocycles. The molecule has 2 amide bonds. The van der Waals surface area contributed by atoms with Crippen LogP contribution in [0.5, 0.6) is 0 Å². The summed E-state index contributed by atoms with van der Waals surface area (Å²) in [5.74, 6) is -0.612. The normalized spacial score (nSPS) is 11.9. The van der Waals surface area contributed by atoms with Crippen LogP contribution in [0, 0.1) is 12.8 Å². The van der Waals surface area contributed by atoms with E-state index in [1.807, 2.05) is 0 Å². The number of aliphatic carboxylic acids is 1. The van der Waals surface area contributed by atoms with Gasteiger partial charge in [-0.1, -0.05) is 12.1 Å². The van der Waals surface area contributed by atoms with Crippen molar-refractivity contribution in [1.29, 1.82) is 0 Å². The molecule has 1 aromatic rings. The molecule has 1 unspecified atom stereocenters. The highest BCUT2D eigenvalue weighted by atomic mass is 16.5. The molecule has 0 aliphatic carbocycles. The zero-order chi connectivity index (χ0) is 14.3. The maximum atomic E-state index is 11.4. The molecule has 0 aliphatic rings. The van der Waals surface area contributed by atoms with Gasteiger partial charge in [0.25, 0.3) is 0 Å². The third-order valence-electron chi connectivity index (χ3n) is 2.62. The summed E-state index contributed by atoms with van der Waals surface area (Å²) >= 11 is 0. The molecule has 1 rings (SSSR count). The van der Waals surface area contributed by atoms with Crippen LogP contribution in [0.25, 0.3) is 0 Å². The average molecular weight is 269 g/mol. The summed E-state index contributed by atoms with van der Waals surface area (Å²) in [5.41, 5.74) is 0.764. The van der Waals surface area contributed by atoms with Gasteiger partial charge in [0.15, 0.2) is 5.76 Å². The highest BCUT2D eigenvalue weighted by Gasteiger charge is 2.10. The Labute approximate surface area is 111 Å². The van der Waals surface area contributed by atoms with Gasteiger partial charge in [-0.05, 0) is 19.8 Å². The first-order valence-corrected chi connectivity index (χ1v) is 6.15. The Kier molecular flexibility index (Phi) is 5.84. The minimum absolute atomic E-state index is 0.276. The van der Waals surface area contributed by atoms with Gasteiger partial charge in [-0.3, -0.25) is 4.79 Å². The number of nitrogens with zero attached hydrogens (tertiary/aromatic N) is 1. The molecule has 1 aromatic heterocycles. The Morgan fingerprint density at radius 1 is 1.47 bits per heavy atom. The Morgan fingerprint density at radius 2 is 2.21 bits per heavy atom. The van der Waals surface area contributed by atoms with Crippen LogP contribution in [0.2, 0.25) is 0 Å². The summed E-state index contributed by atoms with van der Waals surface area (Å²) in [7, 11) is 0. The van der Waals surface area contributed by atoms with Crippen LogP contribution in [-0.2, 0) is 11.3 Å². The monoisotopic (exact) mass is 269 g/mol. The zero-order valence-corrected chi connectivity index (χ0v) is 11.1. The van der Waals surface area contributed by atoms with Crippen molar-refractivity contribution in [3.63, 3.8) is 0 Å². The molecule has 0 aromatic carbocycles. The number of nitrogens with one attached hydrogen (secondary N) is 2. The second kappa shape index (κ2) is 7.40. The van der Waals surface area contributed by atoms with E-state index in [0.29, 0.717) is 25.1 Å². The Morgan fingerprint density at radius 3 is 2.79 bits per heavy atom. The van der Waals surface area contributed by atoms with E-state index in [4.69, 9.17) is 9.63 Å². The minimum atomic E-state index is -0.815. The van der Waals surface area contributed by atoms with Crippen molar-refractivity contribution in [3.8, 4) is 0 Å². The number of hydrogen-bond acceptors (Lipinski definition) is 4. The van der Waals surface area contributed by atoms with Gasteiger partial charge >= 0.3 is 12.0 Å². The lowest BCUT2D eigenvalue weighted by Crippen LogP contribution is -2.35. The third kappa shape index (κ3) is 5.89. The molecule has 3 N–H and O–H groups in total. The topological polar surface area (TPSA) is 104 Å². The standard InChI is InChI=1S/C12H19N3O4/c1-8(11(16)17)4-3-5-13-12(18)14-7-10-6-9(2)15-19-10/h6,8H,3-5,7H2,1-2H3,(H,16,17)(H2,13,14,18). The number of hydrogen-bond donors (Lipinski definition) is 3. The van der Waals surface area contributed by atoms with Crippen molar-refractivity contribution in [2.45, 2.75) is 33.2 Å². The molecule has 7 heteroatoms. The van der Waals surface area contributed by atoms with Gasteiger partial charge in [0.2, 0.25) is 0 Å². The average Bonchev–Trinajstić information content (AvgIpc) is 2.77. The molecule has 0 radical (unpaired) electrons. The SMILES string of the molecule is Cc1cc(CNC(=O)NCCCC(C)C(=O)O)on1. The van der Waals surface area contributed by atoms with E-state index in [0.717, 1.165) is 5.69 Å². The van der Waals surface area contributed by atoms with Crippen LogP contribution >= 0.6 is 0 Å². The highest BCUT2D eigenvalue weighted by Crippen LogP contribution is 2.04. The van der Waals surface area contributed by atoms with E-state index in [-0.39, 0.29) is 18.5 Å². The lowest BCUT2D eigenvalue weighted by Gasteiger charge is -2.08. The predicted octanol–water partition coefficient (Wildman–Crippen LogP) is 1.28. The highest BCUT2D eigenvalue weighted by molar-refractivity contribution is 5.73. The van der Waals surface area contributed by atoms with Gasteiger partial charge in [-0.15, -0.1) is 0 Å². The van der Waals surface area contributed by atoms with Gasteiger partial charge in [0.05, 0.1) is 18.2 Å². The third-order valence-corrected chi connectivity index (χ3v) is 2.62. The van der Waals surface area contributed by atoms with Crippen LogP contribution < -0.4 is 10.6 Å². The minimum Gasteiger partial charge on any atom is -0.481 e. The number of carbonyl (C=O) groups excluding carboxylic acids is 1. The number of amides is 2. The smallest absolute Gasteiger partial charge is 0.315 e. The fraction of sp³-hybridized carbons (Fsp3) is 0.583. The fourth-order valence-corrected chi connectivity index (χ4v) is 1.46. The molecule has 0 spiro atoms. The van der Waals surface area contributed by atoms with E-state index in [1.54, 1.807) is 19.9 Å². The van der Waals surface area contributed by atoms with E-state index >= 15 is 0 Å². The van der Waals surface area contributed by atoms with Crippen LogP contribution in [-0.4, -0.2) is 28.8 Å². The van der Waals surface area contributed by atoms with E-state index in [2.05, 4.69) is 15.8 Å². The summed E-state index contributed by atoms with van der Waals surface area (Å²) in [5, 5.41) is 17.7. The van der Waals surface area contributed by atoms with Crippen molar-refractivity contribution in [2.75, 3.05) is 6.54 Å². The van der Waals surface area contributed by atoms with Crippen molar-refractivity contribution in [3.05, 3.63) is 17.5 Å². The van der Waals surface area contributed by atoms with E-state index in [9.17, 15) is 9.59 Å². The van der Waals surface area contributed by atoms with Gasteiger partial charge in [-0.2, -0.15) is 0 Å². The summed E-state index contributed by atoms with van der Waals surface area (Å²) < 4.78 is 4.94. The zero-order valence-electron chi connectivity index (χ0n) is 11.1. The molecule has 7 nitrogen and oxygen atoms in total. The summed E-state index contributed by atoms with van der Waals surface area (Å²) in [6.45, 7) is 4.17. The molecular formula is C12H19N3O4. The number of urea groups is 1. The molecule has 1 atom stereocenters. The molecule has 19 heavy (non-hydrogen) atoms. The second-order valence-corrected chi connectivity index (χ2v) is 4.43. The number of aryl methyl sites for hydroxylation is 1. The van der Waals surface area contributed by atoms with Crippen molar-refractivity contribution < 1.29 is 19.2 Å². The molecule has 1 heterocycles. The number of rotatable bonds is 7. The molecule has 106 valence electrons. The van der Waals surface area contributed by atoms with Crippen LogP contribution in [0.1, 0.15) is 31.2 Å². The first-order chi connectivity index (χ1) is 8.99. The quantitative estimate of drug-likeness (QED) is 0.647. The lowest BCUT2D eigenvalue weighted by molar-refractivity contribution is -0.141. The summed E-state index contributed by atoms with van der Waals surface area (Å²) in [6, 6.07) is 1.44. The molecule has 0 fully saturated rings. The molecular weight excluding hydrogens is 250 g/mol. The van der Waals surface area contributed by atoms with Gasteiger partial charge < -0.3 is 20.3 Å². The largest absolute Gasteiger partial charge is 0.481 e. The van der Waals surface area contributed by atoms with Gasteiger partial charge in [-0.25, -0.2) is 4.79 Å². The molecule has 0 saturated heterocycles. The van der Waals surface area contributed by atoms with Gasteiger partial charge in [0.1, 0.15) is 0 Å². The first kappa shape index (κ1) is 15.0. The maximum absolute atomic E-state index is 11.4. The Hall–Kier alpha value is -2.05. The van der Waals surface area contributed by atoms with Crippen molar-refractivity contribution in [2.24, 2.45) is 5.92 Å². The number of carboxylic acids is 1. The summed E-state index contributed by atoms with van der Waals surface area (Å²) in [4.78, 5) is 22.0. The van der Waals surface area contributed by atoms with Crippen LogP contribution in [0.3, 0.4) is 0 Å². The van der Waals surface area contributed by atoms with Crippen LogP contribution in [0.15, 0.2) is 10.6 Å². The fourth-order valence-electron chi connectivity index (χ4n) is 1.46. The number of carbonyl (C=O) groups is 2. The number of carboxylic acid groups (broad SMARTS) is 1. The lowest BCUT2D eigenvalue weighted by atomic mass is 10.1. The van der Waals surface area contributed by atoms with Crippen molar-refractivity contribution in [1.82, 2.24) is 15.8 Å². The number of aromatic nitrogens is 1. The summed E-state index contributed by atoms with van der Waals surface area (Å²) in [6.07, 6.45) is 1.17. The van der Waals surface area contributed by atoms with Crippen molar-refractivity contribution >= 4 is 12.0 Å².